The maximum Gasteiger partial charge on any atom is 0.410 e. The van der Waals surface area contributed by atoms with Crippen LogP contribution in [0.25, 0.3) is 10.9 Å². The number of rotatable bonds is 11. The molecule has 0 unspecified atom stereocenters. The summed E-state index contributed by atoms with van der Waals surface area (Å²) in [4.78, 5) is 15.9. The first-order valence-electron chi connectivity index (χ1n) is 12.1. The monoisotopic (exact) mass is 587 g/mol. The van der Waals surface area contributed by atoms with Crippen molar-refractivity contribution in [3.05, 3.63) is 52.4 Å². The zero-order valence-electron chi connectivity index (χ0n) is 21.7. The predicted octanol–water partition coefficient (Wildman–Crippen LogP) is 7.22. The molecule has 0 aliphatic carbocycles. The van der Waals surface area contributed by atoms with Gasteiger partial charge >= 0.3 is 6.09 Å². The van der Waals surface area contributed by atoms with E-state index in [1.165, 1.54) is 41.4 Å². The van der Waals surface area contributed by atoms with Gasteiger partial charge in [-0.05, 0) is 57.9 Å². The number of carbonyl (C=O) groups excluding carboxylic acids is 1. The summed E-state index contributed by atoms with van der Waals surface area (Å²) in [5, 5.41) is 1.15. The summed E-state index contributed by atoms with van der Waals surface area (Å²) in [5.74, 6) is -1.13. The van der Waals surface area contributed by atoms with Gasteiger partial charge in [0.25, 0.3) is 10.0 Å². The summed E-state index contributed by atoms with van der Waals surface area (Å²) in [5.41, 5.74) is 0.0271. The van der Waals surface area contributed by atoms with Crippen LogP contribution in [0.5, 0.6) is 5.75 Å². The van der Waals surface area contributed by atoms with Gasteiger partial charge < -0.3 is 19.4 Å². The van der Waals surface area contributed by atoms with E-state index in [1.54, 1.807) is 7.05 Å². The van der Waals surface area contributed by atoms with Gasteiger partial charge in [-0.3, -0.25) is 4.72 Å². The zero-order chi connectivity index (χ0) is 28.1. The third-order valence-electron chi connectivity index (χ3n) is 5.55. The number of amides is 1. The lowest BCUT2D eigenvalue weighted by Crippen LogP contribution is -2.34. The number of H-pyrrole nitrogens is 1. The fourth-order valence-corrected chi connectivity index (χ4v) is 5.40. The largest absolute Gasteiger partial charge is 0.490 e. The predicted molar refractivity (Wildman–Crippen MR) is 148 cm³/mol. The molecule has 1 amide bonds. The number of benzene rings is 2. The number of sulfonamides is 1. The molecular formula is C26H32Cl2FN3O5S. The molecule has 0 fully saturated rings. The molecule has 0 aliphatic rings. The van der Waals surface area contributed by atoms with Crippen molar-refractivity contribution in [2.24, 2.45) is 0 Å². The molecule has 1 aromatic heterocycles. The number of unbranched alkanes of at least 4 members (excludes halogenated alkanes) is 3. The number of aromatic amines is 1. The minimum absolute atomic E-state index is 0.151. The Morgan fingerprint density at radius 1 is 1.08 bits per heavy atom. The van der Waals surface area contributed by atoms with E-state index >= 15 is 4.39 Å². The van der Waals surface area contributed by atoms with Gasteiger partial charge in [-0.2, -0.15) is 0 Å². The van der Waals surface area contributed by atoms with Crippen LogP contribution >= 0.6 is 23.2 Å². The molecule has 38 heavy (non-hydrogen) atoms. The van der Waals surface area contributed by atoms with Crippen molar-refractivity contribution in [3.63, 3.8) is 0 Å². The van der Waals surface area contributed by atoms with Gasteiger partial charge in [0, 0.05) is 25.2 Å². The number of ether oxygens (including phenoxy) is 2. The molecule has 2 aromatic carbocycles. The highest BCUT2D eigenvalue weighted by Gasteiger charge is 2.24. The summed E-state index contributed by atoms with van der Waals surface area (Å²) in [6.45, 7) is 6.24. The highest BCUT2D eigenvalue weighted by Crippen LogP contribution is 2.36. The maximum absolute atomic E-state index is 15.1. The van der Waals surface area contributed by atoms with E-state index in [2.05, 4.69) is 9.71 Å². The van der Waals surface area contributed by atoms with Gasteiger partial charge in [0.05, 0.1) is 27.9 Å². The number of nitrogens with one attached hydrogen (secondary N) is 2. The summed E-state index contributed by atoms with van der Waals surface area (Å²) >= 11 is 12.3. The average molecular weight is 589 g/mol. The van der Waals surface area contributed by atoms with Crippen molar-refractivity contribution in [2.45, 2.75) is 57.0 Å². The molecule has 0 atom stereocenters. The van der Waals surface area contributed by atoms with Crippen LogP contribution in [0.4, 0.5) is 14.9 Å². The summed E-state index contributed by atoms with van der Waals surface area (Å²) in [6, 6.07) is 6.95. The highest BCUT2D eigenvalue weighted by atomic mass is 35.5. The summed E-state index contributed by atoms with van der Waals surface area (Å²) in [7, 11) is -2.59. The fourth-order valence-electron chi connectivity index (χ4n) is 3.68. The molecule has 0 spiro atoms. The molecule has 0 radical (unpaired) electrons. The number of aromatic nitrogens is 1. The van der Waals surface area contributed by atoms with Crippen LogP contribution < -0.4 is 9.46 Å². The van der Waals surface area contributed by atoms with Crippen molar-refractivity contribution in [1.29, 1.82) is 0 Å². The van der Waals surface area contributed by atoms with Crippen molar-refractivity contribution >= 4 is 55.9 Å². The van der Waals surface area contributed by atoms with Gasteiger partial charge in [-0.15, -0.1) is 0 Å². The second-order valence-corrected chi connectivity index (χ2v) is 12.3. The number of carbonyl (C=O) groups is 1. The standard InChI is InChI=1S/C26H32Cl2FN3O5S/c1-26(2,3)37-25(33)32(4)14-7-5-6-8-15-36-20-10-9-11-21(23(20)29)38(34,35)31-19-13-12-17(27)22-18(28)16-30-24(19)22/h9-13,16,30-31H,5-8,14-15H2,1-4H3. The summed E-state index contributed by atoms with van der Waals surface area (Å²) < 4.78 is 54.4. The van der Waals surface area contributed by atoms with Gasteiger partial charge in [0.15, 0.2) is 11.6 Å². The number of fused-ring (bicyclic) bond motifs is 1. The Morgan fingerprint density at radius 3 is 2.50 bits per heavy atom. The van der Waals surface area contributed by atoms with Crippen LogP contribution in [-0.4, -0.2) is 50.2 Å². The minimum Gasteiger partial charge on any atom is -0.490 e. The van der Waals surface area contributed by atoms with Crippen molar-refractivity contribution < 1.29 is 27.1 Å². The van der Waals surface area contributed by atoms with E-state index in [1.807, 2.05) is 20.8 Å². The Labute approximate surface area is 232 Å². The maximum atomic E-state index is 15.1. The van der Waals surface area contributed by atoms with E-state index < -0.39 is 26.3 Å². The Balaban J connectivity index is 1.53. The van der Waals surface area contributed by atoms with Crippen LogP contribution in [-0.2, 0) is 14.8 Å². The summed E-state index contributed by atoms with van der Waals surface area (Å²) in [6.07, 6.45) is 4.20. The fraction of sp³-hybridized carbons (Fsp3) is 0.423. The zero-order valence-corrected chi connectivity index (χ0v) is 24.1. The third kappa shape index (κ3) is 7.68. The molecule has 3 rings (SSSR count). The van der Waals surface area contributed by atoms with E-state index in [0.717, 1.165) is 19.3 Å². The van der Waals surface area contributed by atoms with Gasteiger partial charge in [-0.25, -0.2) is 17.6 Å². The molecule has 0 aliphatic heterocycles. The Morgan fingerprint density at radius 2 is 1.79 bits per heavy atom. The quantitative estimate of drug-likeness (QED) is 0.231. The Kier molecular flexibility index (Phi) is 9.78. The van der Waals surface area contributed by atoms with Crippen molar-refractivity contribution in [2.75, 3.05) is 24.9 Å². The van der Waals surface area contributed by atoms with Gasteiger partial charge in [0.1, 0.15) is 10.5 Å². The van der Waals surface area contributed by atoms with E-state index in [0.29, 0.717) is 33.9 Å². The lowest BCUT2D eigenvalue weighted by molar-refractivity contribution is 0.0296. The van der Waals surface area contributed by atoms with Crippen molar-refractivity contribution in [1.82, 2.24) is 9.88 Å². The van der Waals surface area contributed by atoms with Crippen LogP contribution in [0.15, 0.2) is 41.4 Å². The van der Waals surface area contributed by atoms with Gasteiger partial charge in [0.2, 0.25) is 0 Å². The van der Waals surface area contributed by atoms with Crippen LogP contribution in [0.2, 0.25) is 10.0 Å². The lowest BCUT2D eigenvalue weighted by atomic mass is 10.2. The Hall–Kier alpha value is -2.69. The number of hydrogen-bond acceptors (Lipinski definition) is 5. The molecule has 0 bridgehead atoms. The molecule has 3 aromatic rings. The van der Waals surface area contributed by atoms with Crippen molar-refractivity contribution in [3.8, 4) is 5.75 Å². The molecule has 2 N–H and O–H groups in total. The topological polar surface area (TPSA) is 101 Å². The van der Waals surface area contributed by atoms with Crippen LogP contribution in [0.3, 0.4) is 0 Å². The SMILES string of the molecule is CN(CCCCCCOc1cccc(S(=O)(=O)Nc2ccc(Cl)c3c(Cl)c[nH]c23)c1F)C(=O)OC(C)(C)C. The normalized spacial score (nSPS) is 12.0. The third-order valence-corrected chi connectivity index (χ3v) is 7.54. The molecule has 208 valence electrons. The number of halogens is 3. The molecule has 0 saturated carbocycles. The second-order valence-electron chi connectivity index (χ2n) is 9.82. The second kappa shape index (κ2) is 12.4. The molecule has 1 heterocycles. The number of anilines is 1. The average Bonchev–Trinajstić information content (AvgIpc) is 3.22. The van der Waals surface area contributed by atoms with Crippen LogP contribution in [0.1, 0.15) is 46.5 Å². The first-order chi connectivity index (χ1) is 17.8. The van der Waals surface area contributed by atoms with E-state index in [4.69, 9.17) is 32.7 Å². The van der Waals surface area contributed by atoms with E-state index in [-0.39, 0.29) is 24.1 Å². The first-order valence-corrected chi connectivity index (χ1v) is 14.4. The molecule has 8 nitrogen and oxygen atoms in total. The minimum atomic E-state index is -4.28. The smallest absolute Gasteiger partial charge is 0.410 e. The van der Waals surface area contributed by atoms with Crippen LogP contribution in [0, 0.1) is 5.82 Å². The first kappa shape index (κ1) is 29.9. The molecule has 0 saturated heterocycles. The molecule has 12 heteroatoms. The highest BCUT2D eigenvalue weighted by molar-refractivity contribution is 7.92. The molecular weight excluding hydrogens is 556 g/mol. The van der Waals surface area contributed by atoms with Gasteiger partial charge in [-0.1, -0.05) is 42.1 Å². The van der Waals surface area contributed by atoms with E-state index in [9.17, 15) is 13.2 Å². The number of hydrogen-bond donors (Lipinski definition) is 2. The Bertz CT molecular complexity index is 1390. The number of nitrogens with zero attached hydrogens (tertiary/aromatic N) is 1. The lowest BCUT2D eigenvalue weighted by Gasteiger charge is -2.24.